The molecule has 16 heavy (non-hydrogen) atoms. The number of benzene rings is 1. The Bertz CT molecular complexity index is 490. The van der Waals surface area contributed by atoms with E-state index in [1.165, 1.54) is 5.56 Å². The summed E-state index contributed by atoms with van der Waals surface area (Å²) in [5.74, 6) is 0.958. The number of nitrogens with zero attached hydrogens (tertiary/aromatic N) is 1. The van der Waals surface area contributed by atoms with Crippen LogP contribution in [0, 0.1) is 6.92 Å². The van der Waals surface area contributed by atoms with Crippen LogP contribution in [0.15, 0.2) is 23.6 Å². The minimum absolute atomic E-state index is 0.958. The van der Waals surface area contributed by atoms with Crippen LogP contribution in [0.5, 0.6) is 5.75 Å². The van der Waals surface area contributed by atoms with E-state index in [0.717, 1.165) is 28.4 Å². The zero-order valence-corrected chi connectivity index (χ0v) is 10.6. The molecule has 1 heterocycles. The van der Waals surface area contributed by atoms with Crippen LogP contribution in [0.3, 0.4) is 0 Å². The highest BCUT2D eigenvalue weighted by Crippen LogP contribution is 2.34. The van der Waals surface area contributed by atoms with E-state index in [0.29, 0.717) is 0 Å². The number of rotatable bonds is 3. The average Bonchev–Trinajstić information content (AvgIpc) is 2.74. The quantitative estimate of drug-likeness (QED) is 0.806. The standard InChI is InChI=1S/C13H15NOS/c1-4-10-6-5-7-11(12(10)15-3)13-14-9(2)8-16-13/h5-8H,4H2,1-3H3. The molecule has 0 bridgehead atoms. The van der Waals surface area contributed by atoms with Gasteiger partial charge in [-0.2, -0.15) is 0 Å². The van der Waals surface area contributed by atoms with Crippen molar-refractivity contribution < 1.29 is 4.74 Å². The predicted molar refractivity (Wildman–Crippen MR) is 68.2 cm³/mol. The van der Waals surface area contributed by atoms with Crippen molar-refractivity contribution in [3.05, 3.63) is 34.8 Å². The van der Waals surface area contributed by atoms with Crippen LogP contribution in [-0.2, 0) is 6.42 Å². The van der Waals surface area contributed by atoms with Crippen LogP contribution in [0.1, 0.15) is 18.2 Å². The molecule has 0 fully saturated rings. The van der Waals surface area contributed by atoms with Gasteiger partial charge in [0.25, 0.3) is 0 Å². The molecule has 1 aromatic carbocycles. The van der Waals surface area contributed by atoms with Crippen molar-refractivity contribution in [3.8, 4) is 16.3 Å². The molecule has 2 rings (SSSR count). The number of ether oxygens (including phenoxy) is 1. The monoisotopic (exact) mass is 233 g/mol. The molecule has 0 aliphatic heterocycles. The van der Waals surface area contributed by atoms with Crippen molar-refractivity contribution in [1.82, 2.24) is 4.98 Å². The van der Waals surface area contributed by atoms with Crippen LogP contribution < -0.4 is 4.74 Å². The van der Waals surface area contributed by atoms with E-state index in [2.05, 4.69) is 35.5 Å². The summed E-state index contributed by atoms with van der Waals surface area (Å²) >= 11 is 1.66. The molecule has 2 aromatic rings. The molecule has 0 saturated heterocycles. The Hall–Kier alpha value is -1.35. The molecule has 0 amide bonds. The van der Waals surface area contributed by atoms with Crippen LogP contribution >= 0.6 is 11.3 Å². The SMILES string of the molecule is CCc1cccc(-c2nc(C)cs2)c1OC. The fourth-order valence-electron chi connectivity index (χ4n) is 1.75. The largest absolute Gasteiger partial charge is 0.496 e. The van der Waals surface area contributed by atoms with E-state index in [4.69, 9.17) is 4.74 Å². The van der Waals surface area contributed by atoms with E-state index >= 15 is 0 Å². The van der Waals surface area contributed by atoms with Gasteiger partial charge >= 0.3 is 0 Å². The lowest BCUT2D eigenvalue weighted by Gasteiger charge is -2.10. The topological polar surface area (TPSA) is 22.1 Å². The van der Waals surface area contributed by atoms with Gasteiger partial charge in [0.2, 0.25) is 0 Å². The Morgan fingerprint density at radius 2 is 2.19 bits per heavy atom. The fourth-order valence-corrected chi connectivity index (χ4v) is 2.57. The third kappa shape index (κ3) is 1.95. The lowest BCUT2D eigenvalue weighted by atomic mass is 10.1. The van der Waals surface area contributed by atoms with Gasteiger partial charge in [-0.15, -0.1) is 11.3 Å². The van der Waals surface area contributed by atoms with E-state index in [9.17, 15) is 0 Å². The molecule has 2 nitrogen and oxygen atoms in total. The van der Waals surface area contributed by atoms with Crippen LogP contribution in [-0.4, -0.2) is 12.1 Å². The highest BCUT2D eigenvalue weighted by Gasteiger charge is 2.11. The second kappa shape index (κ2) is 4.66. The number of aryl methyl sites for hydroxylation is 2. The third-order valence-corrected chi connectivity index (χ3v) is 3.52. The molecular formula is C13H15NOS. The summed E-state index contributed by atoms with van der Waals surface area (Å²) in [5, 5.41) is 3.09. The average molecular weight is 233 g/mol. The first-order valence-corrected chi connectivity index (χ1v) is 6.22. The number of para-hydroxylation sites is 1. The predicted octanol–water partition coefficient (Wildman–Crippen LogP) is 3.69. The summed E-state index contributed by atoms with van der Waals surface area (Å²) in [6.07, 6.45) is 0.974. The van der Waals surface area contributed by atoms with E-state index in [1.54, 1.807) is 18.4 Å². The number of hydrogen-bond donors (Lipinski definition) is 0. The maximum Gasteiger partial charge on any atom is 0.132 e. The normalized spacial score (nSPS) is 10.4. The summed E-state index contributed by atoms with van der Waals surface area (Å²) < 4.78 is 5.50. The maximum absolute atomic E-state index is 5.50. The lowest BCUT2D eigenvalue weighted by molar-refractivity contribution is 0.412. The van der Waals surface area contributed by atoms with Gasteiger partial charge in [-0.05, 0) is 25.0 Å². The minimum Gasteiger partial charge on any atom is -0.496 e. The van der Waals surface area contributed by atoms with Crippen molar-refractivity contribution in [1.29, 1.82) is 0 Å². The zero-order chi connectivity index (χ0) is 11.5. The van der Waals surface area contributed by atoms with Gasteiger partial charge in [-0.1, -0.05) is 19.1 Å². The van der Waals surface area contributed by atoms with Gasteiger partial charge in [0.1, 0.15) is 10.8 Å². The zero-order valence-electron chi connectivity index (χ0n) is 9.78. The van der Waals surface area contributed by atoms with Gasteiger partial charge in [0.15, 0.2) is 0 Å². The summed E-state index contributed by atoms with van der Waals surface area (Å²) in [5.41, 5.74) is 3.39. The molecule has 0 spiro atoms. The van der Waals surface area contributed by atoms with E-state index in [1.807, 2.05) is 6.92 Å². The Kier molecular flexibility index (Phi) is 3.25. The lowest BCUT2D eigenvalue weighted by Crippen LogP contribution is -1.93. The molecule has 0 radical (unpaired) electrons. The first-order chi connectivity index (χ1) is 7.76. The van der Waals surface area contributed by atoms with Crippen LogP contribution in [0.2, 0.25) is 0 Å². The Morgan fingerprint density at radius 3 is 2.75 bits per heavy atom. The van der Waals surface area contributed by atoms with Crippen LogP contribution in [0.4, 0.5) is 0 Å². The van der Waals surface area contributed by atoms with Gasteiger partial charge < -0.3 is 4.74 Å². The van der Waals surface area contributed by atoms with E-state index in [-0.39, 0.29) is 0 Å². The van der Waals surface area contributed by atoms with E-state index < -0.39 is 0 Å². The number of hydrogen-bond acceptors (Lipinski definition) is 3. The smallest absolute Gasteiger partial charge is 0.132 e. The van der Waals surface area contributed by atoms with Gasteiger partial charge in [-0.25, -0.2) is 4.98 Å². The molecular weight excluding hydrogens is 218 g/mol. The van der Waals surface area contributed by atoms with Gasteiger partial charge in [0.05, 0.1) is 12.7 Å². The highest BCUT2D eigenvalue weighted by atomic mass is 32.1. The van der Waals surface area contributed by atoms with Crippen molar-refractivity contribution in [2.45, 2.75) is 20.3 Å². The Labute approximate surface area is 99.9 Å². The fraction of sp³-hybridized carbons (Fsp3) is 0.308. The number of thiazole rings is 1. The van der Waals surface area contributed by atoms with Crippen molar-refractivity contribution in [2.75, 3.05) is 7.11 Å². The van der Waals surface area contributed by atoms with Gasteiger partial charge in [0, 0.05) is 11.1 Å². The highest BCUT2D eigenvalue weighted by molar-refractivity contribution is 7.13. The third-order valence-electron chi connectivity index (χ3n) is 2.53. The minimum atomic E-state index is 0.958. The first-order valence-electron chi connectivity index (χ1n) is 5.34. The molecule has 0 N–H and O–H groups in total. The molecule has 0 unspecified atom stereocenters. The summed E-state index contributed by atoms with van der Waals surface area (Å²) in [4.78, 5) is 4.50. The van der Waals surface area contributed by atoms with Crippen molar-refractivity contribution in [3.63, 3.8) is 0 Å². The first kappa shape index (κ1) is 11.1. The molecule has 0 atom stereocenters. The van der Waals surface area contributed by atoms with Crippen LogP contribution in [0.25, 0.3) is 10.6 Å². The maximum atomic E-state index is 5.50. The van der Waals surface area contributed by atoms with Crippen molar-refractivity contribution in [2.24, 2.45) is 0 Å². The van der Waals surface area contributed by atoms with Gasteiger partial charge in [-0.3, -0.25) is 0 Å². The Morgan fingerprint density at radius 1 is 1.38 bits per heavy atom. The molecule has 0 aliphatic carbocycles. The molecule has 84 valence electrons. The molecule has 0 aliphatic rings. The molecule has 1 aromatic heterocycles. The number of methoxy groups -OCH3 is 1. The summed E-state index contributed by atoms with van der Waals surface area (Å²) in [7, 11) is 1.72. The Balaban J connectivity index is 2.56. The second-order valence-corrected chi connectivity index (χ2v) is 4.50. The van der Waals surface area contributed by atoms with Crippen molar-refractivity contribution >= 4 is 11.3 Å². The molecule has 3 heteroatoms. The molecule has 0 saturated carbocycles. The number of aromatic nitrogens is 1. The summed E-state index contributed by atoms with van der Waals surface area (Å²) in [6, 6.07) is 6.23. The summed E-state index contributed by atoms with van der Waals surface area (Å²) in [6.45, 7) is 4.14. The second-order valence-electron chi connectivity index (χ2n) is 3.65.